The van der Waals surface area contributed by atoms with Crippen molar-refractivity contribution in [1.29, 1.82) is 0 Å². The van der Waals surface area contributed by atoms with E-state index >= 15 is 0 Å². The molecule has 110 valence electrons. The van der Waals surface area contributed by atoms with Crippen LogP contribution in [0, 0.1) is 0 Å². The van der Waals surface area contributed by atoms with Crippen LogP contribution in [0.3, 0.4) is 0 Å². The van der Waals surface area contributed by atoms with Gasteiger partial charge in [-0.3, -0.25) is 0 Å². The third-order valence-corrected chi connectivity index (χ3v) is 4.06. The summed E-state index contributed by atoms with van der Waals surface area (Å²) < 4.78 is 11.7. The van der Waals surface area contributed by atoms with Crippen molar-refractivity contribution in [2.45, 2.75) is 38.5 Å². The van der Waals surface area contributed by atoms with E-state index in [2.05, 4.69) is 0 Å². The van der Waals surface area contributed by atoms with Gasteiger partial charge in [0, 0.05) is 13.1 Å². The molecule has 2 aliphatic rings. The molecule has 1 amide bonds. The van der Waals surface area contributed by atoms with Crippen LogP contribution in [0.25, 0.3) is 0 Å². The number of morpholine rings is 1. The smallest absolute Gasteiger partial charge is 0.361 e. The van der Waals surface area contributed by atoms with Gasteiger partial charge in [0.2, 0.25) is 0 Å². The van der Waals surface area contributed by atoms with E-state index < -0.39 is 0 Å². The van der Waals surface area contributed by atoms with E-state index in [-0.39, 0.29) is 11.7 Å². The van der Waals surface area contributed by atoms with Crippen molar-refractivity contribution in [2.24, 2.45) is 0 Å². The summed E-state index contributed by atoms with van der Waals surface area (Å²) in [4.78, 5) is 26.1. The predicted octanol–water partition coefficient (Wildman–Crippen LogP) is 1.40. The lowest BCUT2D eigenvalue weighted by molar-refractivity contribution is 0.0478. The maximum Gasteiger partial charge on any atom is 0.361 e. The van der Waals surface area contributed by atoms with E-state index in [9.17, 15) is 9.59 Å². The van der Waals surface area contributed by atoms with E-state index in [1.165, 1.54) is 4.74 Å². The summed E-state index contributed by atoms with van der Waals surface area (Å²) in [6.45, 7) is 2.18. The van der Waals surface area contributed by atoms with Crippen molar-refractivity contribution in [2.75, 3.05) is 26.3 Å². The van der Waals surface area contributed by atoms with Gasteiger partial charge in [-0.15, -0.1) is 4.74 Å². The number of amides is 1. The molecule has 1 saturated heterocycles. The van der Waals surface area contributed by atoms with Crippen molar-refractivity contribution in [3.05, 3.63) is 21.7 Å². The first kappa shape index (κ1) is 13.4. The van der Waals surface area contributed by atoms with Gasteiger partial charge in [0.1, 0.15) is 0 Å². The minimum Gasteiger partial charge on any atom is -0.378 e. The summed E-state index contributed by atoms with van der Waals surface area (Å²) in [7, 11) is 0. The molecule has 0 spiro atoms. The Morgan fingerprint density at radius 1 is 1.00 bits per heavy atom. The van der Waals surface area contributed by atoms with Gasteiger partial charge in [0.25, 0.3) is 0 Å². The van der Waals surface area contributed by atoms with Gasteiger partial charge in [0.15, 0.2) is 0 Å². The number of aromatic nitrogens is 1. The van der Waals surface area contributed by atoms with Crippen molar-refractivity contribution < 1.29 is 14.1 Å². The van der Waals surface area contributed by atoms with Crippen molar-refractivity contribution in [3.8, 4) is 0 Å². The molecule has 2 heterocycles. The van der Waals surface area contributed by atoms with Gasteiger partial charge in [0.05, 0.1) is 24.5 Å². The largest absolute Gasteiger partial charge is 0.378 e. The van der Waals surface area contributed by atoms with Crippen LogP contribution in [0.4, 0.5) is 4.79 Å². The molecule has 6 heteroatoms. The Morgan fingerprint density at radius 3 is 2.45 bits per heavy atom. The van der Waals surface area contributed by atoms with Gasteiger partial charge in [-0.05, 0) is 25.7 Å². The van der Waals surface area contributed by atoms with Gasteiger partial charge in [-0.25, -0.2) is 9.59 Å². The standard InChI is InChI=1S/C14H20N2O4/c17-13-11-5-3-1-2-4-6-12(11)16(20-13)14(18)15-7-9-19-10-8-15/h1-10H2. The van der Waals surface area contributed by atoms with Crippen LogP contribution in [-0.2, 0) is 17.6 Å². The minimum atomic E-state index is -0.344. The fourth-order valence-electron chi connectivity index (χ4n) is 2.92. The van der Waals surface area contributed by atoms with Crippen LogP contribution in [0.15, 0.2) is 9.32 Å². The number of carbonyl (C=O) groups is 1. The van der Waals surface area contributed by atoms with Gasteiger partial charge in [-0.2, -0.15) is 0 Å². The fourth-order valence-corrected chi connectivity index (χ4v) is 2.92. The fraction of sp³-hybridized carbons (Fsp3) is 0.714. The average Bonchev–Trinajstić information content (AvgIpc) is 2.74. The van der Waals surface area contributed by atoms with Crippen LogP contribution in [0.1, 0.15) is 36.9 Å². The topological polar surface area (TPSA) is 64.7 Å². The first-order chi connectivity index (χ1) is 9.77. The van der Waals surface area contributed by atoms with E-state index in [0.717, 1.165) is 44.2 Å². The lowest BCUT2D eigenvalue weighted by Gasteiger charge is -2.26. The van der Waals surface area contributed by atoms with Gasteiger partial charge in [-0.1, -0.05) is 12.8 Å². The molecule has 1 aromatic rings. The Balaban J connectivity index is 1.90. The predicted molar refractivity (Wildman–Crippen MR) is 72.0 cm³/mol. The van der Waals surface area contributed by atoms with Crippen molar-refractivity contribution in [1.82, 2.24) is 9.64 Å². The lowest BCUT2D eigenvalue weighted by Crippen LogP contribution is -2.43. The van der Waals surface area contributed by atoms with E-state index in [4.69, 9.17) is 9.26 Å². The Bertz CT molecular complexity index is 540. The number of fused-ring (bicyclic) bond motifs is 1. The molecule has 0 saturated carbocycles. The van der Waals surface area contributed by atoms with Crippen LogP contribution in [-0.4, -0.2) is 42.0 Å². The summed E-state index contributed by atoms with van der Waals surface area (Å²) >= 11 is 0. The summed E-state index contributed by atoms with van der Waals surface area (Å²) in [5.41, 5.74) is 1.14. The zero-order valence-electron chi connectivity index (χ0n) is 11.6. The third-order valence-electron chi connectivity index (χ3n) is 4.06. The minimum absolute atomic E-state index is 0.229. The van der Waals surface area contributed by atoms with Gasteiger partial charge >= 0.3 is 11.7 Å². The molecule has 0 N–H and O–H groups in total. The second-order valence-corrected chi connectivity index (χ2v) is 5.39. The molecule has 1 fully saturated rings. The highest BCUT2D eigenvalue weighted by atomic mass is 16.5. The highest BCUT2D eigenvalue weighted by molar-refractivity contribution is 5.76. The molecule has 1 aliphatic carbocycles. The molecule has 0 atom stereocenters. The second-order valence-electron chi connectivity index (χ2n) is 5.39. The number of carbonyl (C=O) groups excluding carboxylic acids is 1. The molecule has 6 nitrogen and oxygen atoms in total. The summed E-state index contributed by atoms with van der Waals surface area (Å²) in [6.07, 6.45) is 5.75. The number of ether oxygens (including phenoxy) is 1. The number of rotatable bonds is 0. The molecule has 0 bridgehead atoms. The van der Waals surface area contributed by atoms with Crippen molar-refractivity contribution >= 4 is 6.03 Å². The van der Waals surface area contributed by atoms with E-state index in [1.807, 2.05) is 0 Å². The normalized spacial score (nSPS) is 20.1. The number of hydrogen-bond donors (Lipinski definition) is 0. The maximum atomic E-state index is 12.5. The molecule has 0 unspecified atom stereocenters. The monoisotopic (exact) mass is 280 g/mol. The molecule has 20 heavy (non-hydrogen) atoms. The lowest BCUT2D eigenvalue weighted by atomic mass is 9.99. The third kappa shape index (κ3) is 2.52. The van der Waals surface area contributed by atoms with Crippen LogP contribution >= 0.6 is 0 Å². The Hall–Kier alpha value is -1.56. The first-order valence-corrected chi connectivity index (χ1v) is 7.38. The zero-order valence-corrected chi connectivity index (χ0v) is 11.6. The van der Waals surface area contributed by atoms with Gasteiger partial charge < -0.3 is 14.2 Å². The average molecular weight is 280 g/mol. The van der Waals surface area contributed by atoms with Crippen LogP contribution in [0.2, 0.25) is 0 Å². The van der Waals surface area contributed by atoms with Crippen molar-refractivity contribution in [3.63, 3.8) is 0 Å². The number of hydrogen-bond acceptors (Lipinski definition) is 4. The maximum absolute atomic E-state index is 12.5. The molecule has 3 rings (SSSR count). The first-order valence-electron chi connectivity index (χ1n) is 7.38. The summed E-state index contributed by atoms with van der Waals surface area (Å²) in [6, 6.07) is -0.229. The highest BCUT2D eigenvalue weighted by Crippen LogP contribution is 2.19. The van der Waals surface area contributed by atoms with Crippen LogP contribution in [0.5, 0.6) is 0 Å². The van der Waals surface area contributed by atoms with E-state index in [0.29, 0.717) is 31.9 Å². The number of nitrogens with zero attached hydrogens (tertiary/aromatic N) is 2. The summed E-state index contributed by atoms with van der Waals surface area (Å²) in [5, 5.41) is 0. The molecule has 0 radical (unpaired) electrons. The molecular formula is C14H20N2O4. The molecule has 1 aliphatic heterocycles. The SMILES string of the molecule is O=C(N1CCOCC1)n1oc(=O)c2c1CCCCCC2. The molecule has 0 aromatic carbocycles. The summed E-state index contributed by atoms with van der Waals surface area (Å²) in [5.74, 6) is 0. The Labute approximate surface area is 117 Å². The quantitative estimate of drug-likeness (QED) is 0.720. The van der Waals surface area contributed by atoms with Crippen LogP contribution < -0.4 is 5.63 Å². The molecular weight excluding hydrogens is 260 g/mol. The molecule has 1 aromatic heterocycles. The Morgan fingerprint density at radius 2 is 1.70 bits per heavy atom. The van der Waals surface area contributed by atoms with E-state index in [1.54, 1.807) is 4.90 Å². The highest BCUT2D eigenvalue weighted by Gasteiger charge is 2.26. The zero-order chi connectivity index (χ0) is 13.9. The Kier molecular flexibility index (Phi) is 3.91. The second kappa shape index (κ2) is 5.83.